The highest BCUT2D eigenvalue weighted by Crippen LogP contribution is 2.43. The van der Waals surface area contributed by atoms with Crippen molar-refractivity contribution in [3.8, 4) is 0 Å². The summed E-state index contributed by atoms with van der Waals surface area (Å²) >= 11 is 0. The van der Waals surface area contributed by atoms with Crippen LogP contribution < -0.4 is 0 Å². The molecule has 0 radical (unpaired) electrons. The average molecular weight is 423 g/mol. The van der Waals surface area contributed by atoms with Gasteiger partial charge in [-0.3, -0.25) is 14.4 Å². The number of hydrogen-bond acceptors (Lipinski definition) is 6. The van der Waals surface area contributed by atoms with E-state index in [-0.39, 0.29) is 48.3 Å². The molecule has 168 valence electrons. The molecule has 0 aromatic heterocycles. The van der Waals surface area contributed by atoms with Crippen LogP contribution in [0.25, 0.3) is 0 Å². The van der Waals surface area contributed by atoms with Crippen molar-refractivity contribution in [2.75, 3.05) is 0 Å². The number of carbonyl (C=O) groups excluding carboxylic acids is 2. The molecule has 0 unspecified atom stereocenters. The summed E-state index contributed by atoms with van der Waals surface area (Å²) in [7, 11) is 0. The van der Waals surface area contributed by atoms with Gasteiger partial charge >= 0.3 is 11.9 Å². The molecule has 7 atom stereocenters. The minimum absolute atomic E-state index is 0.00151. The molecule has 0 amide bonds. The second-order valence-electron chi connectivity index (χ2n) is 8.73. The van der Waals surface area contributed by atoms with Crippen LogP contribution in [0, 0.1) is 23.7 Å². The van der Waals surface area contributed by atoms with E-state index in [0.29, 0.717) is 19.3 Å². The number of hydrogen-bond donors (Lipinski definition) is 3. The summed E-state index contributed by atoms with van der Waals surface area (Å²) in [6.07, 6.45) is 4.59. The van der Waals surface area contributed by atoms with E-state index in [1.54, 1.807) is 6.08 Å². The Bertz CT molecular complexity index is 696. The molecule has 0 bridgehead atoms. The van der Waals surface area contributed by atoms with E-state index in [1.165, 1.54) is 0 Å². The first-order chi connectivity index (χ1) is 14.1. The molecule has 0 saturated carbocycles. The van der Waals surface area contributed by atoms with Crippen LogP contribution in [-0.2, 0) is 19.1 Å². The average Bonchev–Trinajstić information content (AvgIpc) is 2.65. The van der Waals surface area contributed by atoms with Gasteiger partial charge in [-0.2, -0.15) is 0 Å². The molecule has 7 heteroatoms. The number of rotatable bonds is 10. The van der Waals surface area contributed by atoms with Gasteiger partial charge in [-0.25, -0.2) is 0 Å². The lowest BCUT2D eigenvalue weighted by atomic mass is 9.66. The number of carboxylic acid groups (broad SMARTS) is 1. The molecule has 0 spiro atoms. The molecule has 2 aliphatic rings. The van der Waals surface area contributed by atoms with Gasteiger partial charge in [-0.15, -0.1) is 0 Å². The van der Waals surface area contributed by atoms with Crippen molar-refractivity contribution in [1.82, 2.24) is 0 Å². The molecule has 3 N–H and O–H groups in total. The van der Waals surface area contributed by atoms with E-state index >= 15 is 0 Å². The van der Waals surface area contributed by atoms with E-state index in [9.17, 15) is 24.6 Å². The monoisotopic (exact) mass is 422 g/mol. The van der Waals surface area contributed by atoms with Gasteiger partial charge in [0, 0.05) is 12.3 Å². The van der Waals surface area contributed by atoms with Gasteiger partial charge in [0.25, 0.3) is 0 Å². The zero-order valence-corrected chi connectivity index (χ0v) is 18.0. The van der Waals surface area contributed by atoms with Crippen molar-refractivity contribution < 1.29 is 34.4 Å². The molecule has 0 aliphatic heterocycles. The fourth-order valence-electron chi connectivity index (χ4n) is 4.39. The second kappa shape index (κ2) is 10.9. The van der Waals surface area contributed by atoms with Crippen LogP contribution in [0.1, 0.15) is 59.3 Å². The van der Waals surface area contributed by atoms with E-state index in [2.05, 4.69) is 6.92 Å². The SMILES string of the molecule is CC[C@H](C)C(=O)O[C@H]1CC(=O)C=C2C=C[C@H](C)[C@H](CC[C@@H](O)C[C@@H](O)CC(=O)O)[C@H]21. The standard InChI is InChI=1S/C23H34O7/c1-4-13(2)23(29)30-20-11-17(25)9-15-6-5-14(3)19(22(15)20)8-7-16(24)10-18(26)12-21(27)28/h5-6,9,13-14,16,18-20,22,24,26H,4,7-8,10-12H2,1-3H3,(H,27,28)/t13-,14-,16+,18+,19-,20-,22-/m0/s1. The van der Waals surface area contributed by atoms with Crippen molar-refractivity contribution in [2.45, 2.75) is 77.6 Å². The van der Waals surface area contributed by atoms with Crippen LogP contribution in [0.15, 0.2) is 23.8 Å². The van der Waals surface area contributed by atoms with Crippen LogP contribution in [0.4, 0.5) is 0 Å². The van der Waals surface area contributed by atoms with E-state index in [1.807, 2.05) is 26.0 Å². The Morgan fingerprint density at radius 2 is 1.97 bits per heavy atom. The summed E-state index contributed by atoms with van der Waals surface area (Å²) in [5.74, 6) is -1.58. The number of carboxylic acids is 1. The van der Waals surface area contributed by atoms with Crippen LogP contribution in [-0.4, -0.2) is 51.4 Å². The fourth-order valence-corrected chi connectivity index (χ4v) is 4.39. The minimum Gasteiger partial charge on any atom is -0.481 e. The van der Waals surface area contributed by atoms with Gasteiger partial charge in [0.05, 0.1) is 24.5 Å². The van der Waals surface area contributed by atoms with Crippen molar-refractivity contribution in [2.24, 2.45) is 23.7 Å². The second-order valence-corrected chi connectivity index (χ2v) is 8.73. The Hall–Kier alpha value is -1.99. The number of esters is 1. The third-order valence-electron chi connectivity index (χ3n) is 6.31. The topological polar surface area (TPSA) is 121 Å². The predicted octanol–water partition coefficient (Wildman–Crippen LogP) is 2.65. The predicted molar refractivity (Wildman–Crippen MR) is 110 cm³/mol. The Balaban J connectivity index is 2.10. The highest BCUT2D eigenvalue weighted by atomic mass is 16.5. The zero-order chi connectivity index (χ0) is 22.4. The fraction of sp³-hybridized carbons (Fsp3) is 0.696. The molecule has 2 aliphatic carbocycles. The summed E-state index contributed by atoms with van der Waals surface area (Å²) < 4.78 is 5.78. The third kappa shape index (κ3) is 6.51. The van der Waals surface area contributed by atoms with Gasteiger partial charge in [-0.05, 0) is 49.2 Å². The van der Waals surface area contributed by atoms with Gasteiger partial charge < -0.3 is 20.1 Å². The number of fused-ring (bicyclic) bond motifs is 1. The number of ether oxygens (including phenoxy) is 1. The van der Waals surface area contributed by atoms with E-state index in [0.717, 1.165) is 5.57 Å². The first kappa shape index (κ1) is 24.3. The number of aliphatic carboxylic acids is 1. The van der Waals surface area contributed by atoms with Crippen molar-refractivity contribution in [1.29, 1.82) is 0 Å². The normalized spacial score (nSPS) is 28.8. The highest BCUT2D eigenvalue weighted by Gasteiger charge is 2.42. The number of aliphatic hydroxyl groups excluding tert-OH is 2. The summed E-state index contributed by atoms with van der Waals surface area (Å²) in [6, 6.07) is 0. The lowest BCUT2D eigenvalue weighted by Gasteiger charge is -2.41. The largest absolute Gasteiger partial charge is 0.481 e. The van der Waals surface area contributed by atoms with Crippen LogP contribution in [0.3, 0.4) is 0 Å². The van der Waals surface area contributed by atoms with Crippen LogP contribution in [0.5, 0.6) is 0 Å². The summed E-state index contributed by atoms with van der Waals surface area (Å²) in [4.78, 5) is 35.3. The Morgan fingerprint density at radius 3 is 2.60 bits per heavy atom. The maximum atomic E-state index is 12.4. The van der Waals surface area contributed by atoms with Crippen molar-refractivity contribution >= 4 is 17.7 Å². The maximum Gasteiger partial charge on any atom is 0.308 e. The van der Waals surface area contributed by atoms with Crippen LogP contribution >= 0.6 is 0 Å². The van der Waals surface area contributed by atoms with Crippen molar-refractivity contribution in [3.63, 3.8) is 0 Å². The number of allylic oxidation sites excluding steroid dienone is 3. The Kier molecular flexibility index (Phi) is 8.79. The van der Waals surface area contributed by atoms with Crippen LogP contribution in [0.2, 0.25) is 0 Å². The third-order valence-corrected chi connectivity index (χ3v) is 6.31. The number of aliphatic hydroxyl groups is 2. The van der Waals surface area contributed by atoms with Gasteiger partial charge in [-0.1, -0.05) is 32.9 Å². The van der Waals surface area contributed by atoms with E-state index < -0.39 is 30.7 Å². The molecular formula is C23H34O7. The molecule has 30 heavy (non-hydrogen) atoms. The summed E-state index contributed by atoms with van der Waals surface area (Å²) in [5.41, 5.74) is 0.858. The zero-order valence-electron chi connectivity index (χ0n) is 18.0. The molecule has 2 rings (SSSR count). The number of carbonyl (C=O) groups is 3. The molecule has 0 heterocycles. The summed E-state index contributed by atoms with van der Waals surface area (Å²) in [6.45, 7) is 5.79. The van der Waals surface area contributed by atoms with Gasteiger partial charge in [0.15, 0.2) is 5.78 Å². The maximum absolute atomic E-state index is 12.4. The smallest absolute Gasteiger partial charge is 0.308 e. The summed E-state index contributed by atoms with van der Waals surface area (Å²) in [5, 5.41) is 28.8. The molecule has 7 nitrogen and oxygen atoms in total. The quantitative estimate of drug-likeness (QED) is 0.463. The minimum atomic E-state index is -1.10. The lowest BCUT2D eigenvalue weighted by Crippen LogP contribution is -2.42. The van der Waals surface area contributed by atoms with Gasteiger partial charge in [0.1, 0.15) is 6.10 Å². The Morgan fingerprint density at radius 1 is 1.27 bits per heavy atom. The van der Waals surface area contributed by atoms with Gasteiger partial charge in [0.2, 0.25) is 0 Å². The molecule has 0 aromatic carbocycles. The molecule has 0 fully saturated rings. The first-order valence-electron chi connectivity index (χ1n) is 10.8. The highest BCUT2D eigenvalue weighted by molar-refractivity contribution is 5.92. The number of ketones is 1. The first-order valence-corrected chi connectivity index (χ1v) is 10.8. The molecular weight excluding hydrogens is 388 g/mol. The van der Waals surface area contributed by atoms with E-state index in [4.69, 9.17) is 9.84 Å². The van der Waals surface area contributed by atoms with Crippen molar-refractivity contribution in [3.05, 3.63) is 23.8 Å². The molecule has 0 aromatic rings. The molecule has 0 saturated heterocycles. The lowest BCUT2D eigenvalue weighted by molar-refractivity contribution is -0.158. The Labute approximate surface area is 177 Å².